The summed E-state index contributed by atoms with van der Waals surface area (Å²) in [6, 6.07) is 10.5. The lowest BCUT2D eigenvalue weighted by atomic mass is 10.1. The van der Waals surface area contributed by atoms with Gasteiger partial charge in [0.05, 0.1) is 7.11 Å². The van der Waals surface area contributed by atoms with Crippen LogP contribution in [0.25, 0.3) is 0 Å². The van der Waals surface area contributed by atoms with Crippen molar-refractivity contribution in [3.8, 4) is 17.2 Å². The fraction of sp³-hybridized carbons (Fsp3) is 0.480. The molecule has 1 heterocycles. The highest BCUT2D eigenvalue weighted by Gasteiger charge is 2.39. The van der Waals surface area contributed by atoms with Gasteiger partial charge in [0, 0.05) is 25.7 Å². The Bertz CT molecular complexity index is 950. The van der Waals surface area contributed by atoms with Crippen LogP contribution in [0, 0.1) is 5.92 Å². The van der Waals surface area contributed by atoms with Crippen molar-refractivity contribution in [1.29, 1.82) is 0 Å². The fourth-order valence-corrected chi connectivity index (χ4v) is 3.43. The van der Waals surface area contributed by atoms with E-state index in [2.05, 4.69) is 10.3 Å². The molecule has 9 nitrogen and oxygen atoms in total. The summed E-state index contributed by atoms with van der Waals surface area (Å²) in [5, 5.41) is 3.12. The van der Waals surface area contributed by atoms with E-state index in [9.17, 15) is 9.59 Å². The molecule has 1 aliphatic rings. The number of benzene rings is 1. The quantitative estimate of drug-likeness (QED) is 0.347. The minimum atomic E-state index is -0.598. The molecule has 184 valence electrons. The summed E-state index contributed by atoms with van der Waals surface area (Å²) in [4.78, 5) is 28.2. The number of nitrogens with one attached hydrogen (secondary N) is 1. The van der Waals surface area contributed by atoms with Crippen LogP contribution in [0.5, 0.6) is 17.2 Å². The normalized spacial score (nSPS) is 15.5. The second-order valence-electron chi connectivity index (χ2n) is 8.16. The Balaban J connectivity index is 1.58. The number of pyridine rings is 1. The third-order valence-corrected chi connectivity index (χ3v) is 5.42. The Kier molecular flexibility index (Phi) is 9.09. The van der Waals surface area contributed by atoms with Gasteiger partial charge >= 0.3 is 11.9 Å². The Morgan fingerprint density at radius 1 is 1.15 bits per heavy atom. The van der Waals surface area contributed by atoms with Crippen LogP contribution in [-0.2, 0) is 25.6 Å². The maximum absolute atomic E-state index is 12.8. The molecule has 1 aliphatic carbocycles. The number of nitrogens with zero attached hydrogens (tertiary/aromatic N) is 1. The second kappa shape index (κ2) is 12.2. The molecule has 0 amide bonds. The molecule has 1 saturated carbocycles. The predicted molar refractivity (Wildman–Crippen MR) is 123 cm³/mol. The number of para-hydroxylation sites is 1. The van der Waals surface area contributed by atoms with E-state index in [1.807, 2.05) is 37.3 Å². The third-order valence-electron chi connectivity index (χ3n) is 5.42. The van der Waals surface area contributed by atoms with Crippen molar-refractivity contribution in [2.75, 3.05) is 13.9 Å². The zero-order valence-electron chi connectivity index (χ0n) is 20.0. The molecule has 34 heavy (non-hydrogen) atoms. The molecular weight excluding hydrogens is 440 g/mol. The van der Waals surface area contributed by atoms with Crippen molar-refractivity contribution in [1.82, 2.24) is 10.3 Å². The summed E-state index contributed by atoms with van der Waals surface area (Å²) in [5.74, 6) is 0.986. The highest BCUT2D eigenvalue weighted by Crippen LogP contribution is 2.37. The molecule has 1 unspecified atom stereocenters. The molecule has 1 fully saturated rings. The van der Waals surface area contributed by atoms with Crippen LogP contribution < -0.4 is 19.5 Å². The van der Waals surface area contributed by atoms with Crippen LogP contribution in [0.3, 0.4) is 0 Å². The number of carbonyl (C=O) groups is 2. The second-order valence-corrected chi connectivity index (χ2v) is 8.16. The summed E-state index contributed by atoms with van der Waals surface area (Å²) in [6.45, 7) is 4.89. The summed E-state index contributed by atoms with van der Waals surface area (Å²) in [5.41, 5.74) is 0.505. The fourth-order valence-electron chi connectivity index (χ4n) is 3.43. The van der Waals surface area contributed by atoms with Gasteiger partial charge in [-0.3, -0.25) is 19.9 Å². The van der Waals surface area contributed by atoms with Crippen molar-refractivity contribution < 1.29 is 33.3 Å². The molecule has 0 saturated heterocycles. The first-order valence-electron chi connectivity index (χ1n) is 11.3. The lowest BCUT2D eigenvalue weighted by molar-refractivity contribution is -0.157. The third kappa shape index (κ3) is 7.34. The van der Waals surface area contributed by atoms with Gasteiger partial charge in [-0.2, -0.15) is 0 Å². The van der Waals surface area contributed by atoms with Gasteiger partial charge in [-0.15, -0.1) is 0 Å². The number of hydrogen-bond acceptors (Lipinski definition) is 9. The van der Waals surface area contributed by atoms with Gasteiger partial charge in [-0.25, -0.2) is 0 Å². The van der Waals surface area contributed by atoms with Crippen LogP contribution in [0.4, 0.5) is 0 Å². The maximum Gasteiger partial charge on any atom is 0.323 e. The van der Waals surface area contributed by atoms with E-state index in [4.69, 9.17) is 23.7 Å². The van der Waals surface area contributed by atoms with Crippen molar-refractivity contribution in [2.24, 2.45) is 5.92 Å². The summed E-state index contributed by atoms with van der Waals surface area (Å²) in [6.07, 6.45) is 3.00. The number of ether oxygens (including phenoxy) is 5. The molecule has 0 aliphatic heterocycles. The van der Waals surface area contributed by atoms with E-state index in [-0.39, 0.29) is 31.5 Å². The Morgan fingerprint density at radius 2 is 1.88 bits per heavy atom. The van der Waals surface area contributed by atoms with E-state index in [0.29, 0.717) is 23.1 Å². The molecule has 3 atom stereocenters. The van der Waals surface area contributed by atoms with Crippen LogP contribution in [0.2, 0.25) is 0 Å². The zero-order chi connectivity index (χ0) is 24.5. The molecule has 1 N–H and O–H groups in total. The average molecular weight is 473 g/mol. The zero-order valence-corrected chi connectivity index (χ0v) is 20.0. The highest BCUT2D eigenvalue weighted by molar-refractivity contribution is 5.75. The topological polar surface area (TPSA) is 105 Å². The number of rotatable bonds is 13. The molecule has 0 bridgehead atoms. The number of aromatic nitrogens is 1. The van der Waals surface area contributed by atoms with Crippen LogP contribution in [0.15, 0.2) is 42.6 Å². The van der Waals surface area contributed by atoms with E-state index in [1.165, 1.54) is 14.0 Å². The number of hydrogen-bond donors (Lipinski definition) is 1. The number of methoxy groups -OCH3 is 1. The number of carbonyl (C=O) groups excluding carboxylic acids is 2. The maximum atomic E-state index is 12.8. The molecule has 3 rings (SSSR count). The van der Waals surface area contributed by atoms with Gasteiger partial charge in [0.2, 0.25) is 6.79 Å². The Morgan fingerprint density at radius 3 is 2.53 bits per heavy atom. The first kappa shape index (κ1) is 25.3. The Labute approximate surface area is 199 Å². The first-order chi connectivity index (χ1) is 16.4. The monoisotopic (exact) mass is 472 g/mol. The largest absolute Gasteiger partial charge is 0.493 e. The molecule has 2 aromatic rings. The summed E-state index contributed by atoms with van der Waals surface area (Å²) in [7, 11) is 1.50. The van der Waals surface area contributed by atoms with E-state index < -0.39 is 12.0 Å². The summed E-state index contributed by atoms with van der Waals surface area (Å²) >= 11 is 0. The highest BCUT2D eigenvalue weighted by atomic mass is 16.7. The van der Waals surface area contributed by atoms with Crippen molar-refractivity contribution in [3.63, 3.8) is 0 Å². The van der Waals surface area contributed by atoms with Crippen LogP contribution in [-0.4, -0.2) is 49.1 Å². The van der Waals surface area contributed by atoms with Crippen LogP contribution in [0.1, 0.15) is 39.3 Å². The standard InChI is InChI=1S/C25H32N2O7/c1-16(27-14-21-24(32-15-31-18(3)28)22(30-4)12-13-26-21)25(29)34-23(19-10-11-19)17(2)33-20-8-6-5-7-9-20/h5-9,12-13,16-17,19,23,27H,10-11,14-15H2,1-4H3/t16-,17-,23?/m0/s1. The lowest BCUT2D eigenvalue weighted by Crippen LogP contribution is -2.42. The van der Waals surface area contributed by atoms with Gasteiger partial charge < -0.3 is 23.7 Å². The minimum Gasteiger partial charge on any atom is -0.493 e. The van der Waals surface area contributed by atoms with E-state index >= 15 is 0 Å². The van der Waals surface area contributed by atoms with E-state index in [1.54, 1.807) is 19.2 Å². The van der Waals surface area contributed by atoms with Gasteiger partial charge in [-0.1, -0.05) is 18.2 Å². The van der Waals surface area contributed by atoms with E-state index in [0.717, 1.165) is 18.6 Å². The summed E-state index contributed by atoms with van der Waals surface area (Å²) < 4.78 is 27.6. The smallest absolute Gasteiger partial charge is 0.323 e. The molecule has 1 aromatic heterocycles. The van der Waals surface area contributed by atoms with Crippen LogP contribution >= 0.6 is 0 Å². The Hall–Kier alpha value is -3.33. The molecular formula is C25H32N2O7. The molecule has 0 radical (unpaired) electrons. The van der Waals surface area contributed by atoms with Crippen molar-refractivity contribution >= 4 is 11.9 Å². The van der Waals surface area contributed by atoms with Gasteiger partial charge in [0.25, 0.3) is 0 Å². The van der Waals surface area contributed by atoms with Crippen molar-refractivity contribution in [3.05, 3.63) is 48.3 Å². The first-order valence-corrected chi connectivity index (χ1v) is 11.3. The van der Waals surface area contributed by atoms with Gasteiger partial charge in [0.15, 0.2) is 11.5 Å². The van der Waals surface area contributed by atoms with Crippen molar-refractivity contribution in [2.45, 2.75) is 58.4 Å². The SMILES string of the molecule is COc1ccnc(CN[C@@H](C)C(=O)OC(C2CC2)[C@H](C)Oc2ccccc2)c1OCOC(C)=O. The molecule has 0 spiro atoms. The molecule has 1 aromatic carbocycles. The predicted octanol–water partition coefficient (Wildman–Crippen LogP) is 3.26. The average Bonchev–Trinajstić information content (AvgIpc) is 3.66. The van der Waals surface area contributed by atoms with Gasteiger partial charge in [0.1, 0.15) is 29.7 Å². The number of esters is 2. The molecule has 9 heteroatoms. The minimum absolute atomic E-state index is 0.215. The lowest BCUT2D eigenvalue weighted by Gasteiger charge is -2.26. The van der Waals surface area contributed by atoms with Gasteiger partial charge in [-0.05, 0) is 44.7 Å².